The van der Waals surface area contributed by atoms with Crippen LogP contribution in [0, 0.1) is 0 Å². The third-order valence-corrected chi connectivity index (χ3v) is 2.90. The second-order valence-corrected chi connectivity index (χ2v) is 5.25. The van der Waals surface area contributed by atoms with Gasteiger partial charge in [-0.1, -0.05) is 0 Å². The van der Waals surface area contributed by atoms with E-state index < -0.39 is 0 Å². The molecule has 1 atom stereocenters. The highest BCUT2D eigenvalue weighted by molar-refractivity contribution is 5.07. The molecule has 1 unspecified atom stereocenters. The smallest absolute Gasteiger partial charge is 0.147 e. The molecular weight excluding hydrogens is 204 g/mol. The normalized spacial score (nSPS) is 21.6. The topological polar surface area (TPSA) is 66.0 Å². The van der Waals surface area contributed by atoms with E-state index in [1.54, 1.807) is 0 Å². The number of nitrogens with zero attached hydrogens (tertiary/aromatic N) is 3. The summed E-state index contributed by atoms with van der Waals surface area (Å²) in [4.78, 5) is 0. The molecule has 0 spiro atoms. The first-order valence-electron chi connectivity index (χ1n) is 5.76. The summed E-state index contributed by atoms with van der Waals surface area (Å²) in [5.41, 5.74) is 5.67. The van der Waals surface area contributed by atoms with E-state index in [2.05, 4.69) is 35.5 Å². The first-order valence-corrected chi connectivity index (χ1v) is 5.76. The molecule has 5 nitrogen and oxygen atoms in total. The van der Waals surface area contributed by atoms with Crippen LogP contribution >= 0.6 is 0 Å². The van der Waals surface area contributed by atoms with Gasteiger partial charge in [-0.3, -0.25) is 0 Å². The molecule has 0 amide bonds. The van der Waals surface area contributed by atoms with Gasteiger partial charge in [-0.2, -0.15) is 0 Å². The molecule has 1 aromatic heterocycles. The van der Waals surface area contributed by atoms with Crippen LogP contribution in [0.5, 0.6) is 0 Å². The van der Waals surface area contributed by atoms with Crippen molar-refractivity contribution in [3.05, 3.63) is 11.6 Å². The quantitative estimate of drug-likeness (QED) is 0.813. The highest BCUT2D eigenvalue weighted by Crippen LogP contribution is 2.28. The van der Waals surface area contributed by atoms with Gasteiger partial charge in [0.25, 0.3) is 0 Å². The van der Waals surface area contributed by atoms with E-state index >= 15 is 0 Å². The van der Waals surface area contributed by atoms with Gasteiger partial charge < -0.3 is 15.0 Å². The maximum absolute atomic E-state index is 5.70. The number of hydrogen-bond donors (Lipinski definition) is 1. The molecular formula is C11H20N4O. The second kappa shape index (κ2) is 4.14. The summed E-state index contributed by atoms with van der Waals surface area (Å²) in [6.45, 7) is 8.44. The molecule has 0 aliphatic carbocycles. The standard InChI is InChI=1S/C11H20N4O/c1-11(2,3)15-9(6-12)13-14-10(15)8-4-5-16-7-8/h8H,4-7,12H2,1-3H3. The fraction of sp³-hybridized carbons (Fsp3) is 0.818. The van der Waals surface area contributed by atoms with Crippen LogP contribution in [0.4, 0.5) is 0 Å². The predicted octanol–water partition coefficient (Wildman–Crippen LogP) is 0.996. The Kier molecular flexibility index (Phi) is 2.99. The SMILES string of the molecule is CC(C)(C)n1c(CN)nnc1C1CCOC1. The number of hydrogen-bond acceptors (Lipinski definition) is 4. The van der Waals surface area contributed by atoms with Crippen LogP contribution in [-0.4, -0.2) is 28.0 Å². The average molecular weight is 224 g/mol. The number of rotatable bonds is 2. The Morgan fingerprint density at radius 2 is 2.19 bits per heavy atom. The van der Waals surface area contributed by atoms with Gasteiger partial charge in [-0.05, 0) is 27.2 Å². The zero-order chi connectivity index (χ0) is 11.8. The molecule has 16 heavy (non-hydrogen) atoms. The van der Waals surface area contributed by atoms with Gasteiger partial charge in [0, 0.05) is 18.1 Å². The first-order chi connectivity index (χ1) is 7.54. The van der Waals surface area contributed by atoms with E-state index in [4.69, 9.17) is 10.5 Å². The molecule has 5 heteroatoms. The molecule has 90 valence electrons. The summed E-state index contributed by atoms with van der Waals surface area (Å²) in [6, 6.07) is 0. The van der Waals surface area contributed by atoms with Crippen molar-refractivity contribution >= 4 is 0 Å². The van der Waals surface area contributed by atoms with Crippen molar-refractivity contribution in [1.29, 1.82) is 0 Å². The number of ether oxygens (including phenoxy) is 1. The Morgan fingerprint density at radius 1 is 1.44 bits per heavy atom. The van der Waals surface area contributed by atoms with Gasteiger partial charge in [-0.25, -0.2) is 0 Å². The van der Waals surface area contributed by atoms with Crippen molar-refractivity contribution in [1.82, 2.24) is 14.8 Å². The fourth-order valence-electron chi connectivity index (χ4n) is 2.20. The molecule has 2 N–H and O–H groups in total. The fourth-order valence-corrected chi connectivity index (χ4v) is 2.20. The van der Waals surface area contributed by atoms with Gasteiger partial charge in [-0.15, -0.1) is 10.2 Å². The molecule has 1 saturated heterocycles. The summed E-state index contributed by atoms with van der Waals surface area (Å²) >= 11 is 0. The Balaban J connectivity index is 2.41. The molecule has 1 aliphatic rings. The molecule has 2 heterocycles. The summed E-state index contributed by atoms with van der Waals surface area (Å²) < 4.78 is 7.57. The first kappa shape index (κ1) is 11.5. The van der Waals surface area contributed by atoms with Gasteiger partial charge >= 0.3 is 0 Å². The van der Waals surface area contributed by atoms with Gasteiger partial charge in [0.05, 0.1) is 13.2 Å². The monoisotopic (exact) mass is 224 g/mol. The maximum Gasteiger partial charge on any atom is 0.147 e. The van der Waals surface area contributed by atoms with Gasteiger partial charge in [0.2, 0.25) is 0 Å². The number of aromatic nitrogens is 3. The molecule has 0 radical (unpaired) electrons. The van der Waals surface area contributed by atoms with Crippen LogP contribution in [0.1, 0.15) is 44.8 Å². The van der Waals surface area contributed by atoms with E-state index in [0.29, 0.717) is 12.5 Å². The molecule has 0 aromatic carbocycles. The highest BCUT2D eigenvalue weighted by Gasteiger charge is 2.29. The number of nitrogens with two attached hydrogens (primary N) is 1. The summed E-state index contributed by atoms with van der Waals surface area (Å²) in [7, 11) is 0. The predicted molar refractivity (Wildman–Crippen MR) is 61.1 cm³/mol. The van der Waals surface area contributed by atoms with Crippen molar-refractivity contribution in [3.8, 4) is 0 Å². The van der Waals surface area contributed by atoms with Gasteiger partial charge in [0.1, 0.15) is 11.6 Å². The third-order valence-electron chi connectivity index (χ3n) is 2.90. The lowest BCUT2D eigenvalue weighted by atomic mass is 10.0. The minimum atomic E-state index is -0.0316. The van der Waals surface area contributed by atoms with E-state index in [1.807, 2.05) is 0 Å². The zero-order valence-electron chi connectivity index (χ0n) is 10.2. The van der Waals surface area contributed by atoms with E-state index in [0.717, 1.165) is 31.3 Å². The minimum Gasteiger partial charge on any atom is -0.381 e. The zero-order valence-corrected chi connectivity index (χ0v) is 10.2. The van der Waals surface area contributed by atoms with Gasteiger partial charge in [0.15, 0.2) is 0 Å². The lowest BCUT2D eigenvalue weighted by Crippen LogP contribution is -2.28. The van der Waals surface area contributed by atoms with E-state index in [9.17, 15) is 0 Å². The Morgan fingerprint density at radius 3 is 2.69 bits per heavy atom. The molecule has 1 fully saturated rings. The second-order valence-electron chi connectivity index (χ2n) is 5.25. The Hall–Kier alpha value is -0.940. The summed E-state index contributed by atoms with van der Waals surface area (Å²) in [5, 5.41) is 8.47. The van der Waals surface area contributed by atoms with Crippen molar-refractivity contribution in [3.63, 3.8) is 0 Å². The molecule has 2 rings (SSSR count). The summed E-state index contributed by atoms with van der Waals surface area (Å²) in [6.07, 6.45) is 1.03. The van der Waals surface area contributed by atoms with Crippen LogP contribution in [0.15, 0.2) is 0 Å². The summed E-state index contributed by atoms with van der Waals surface area (Å²) in [5.74, 6) is 2.24. The lowest BCUT2D eigenvalue weighted by molar-refractivity contribution is 0.191. The molecule has 0 bridgehead atoms. The Labute approximate surface area is 96.0 Å². The highest BCUT2D eigenvalue weighted by atomic mass is 16.5. The van der Waals surface area contributed by atoms with Crippen LogP contribution < -0.4 is 5.73 Å². The van der Waals surface area contributed by atoms with Crippen molar-refractivity contribution in [2.24, 2.45) is 5.73 Å². The van der Waals surface area contributed by atoms with Crippen LogP contribution in [0.25, 0.3) is 0 Å². The molecule has 0 saturated carbocycles. The maximum atomic E-state index is 5.70. The van der Waals surface area contributed by atoms with Crippen molar-refractivity contribution < 1.29 is 4.74 Å². The van der Waals surface area contributed by atoms with Crippen molar-refractivity contribution in [2.45, 2.75) is 45.2 Å². The minimum absolute atomic E-state index is 0.0316. The largest absolute Gasteiger partial charge is 0.381 e. The van der Waals surface area contributed by atoms with Crippen LogP contribution in [0.3, 0.4) is 0 Å². The van der Waals surface area contributed by atoms with Crippen LogP contribution in [-0.2, 0) is 16.8 Å². The third kappa shape index (κ3) is 1.97. The molecule has 1 aromatic rings. The van der Waals surface area contributed by atoms with E-state index in [1.165, 1.54) is 0 Å². The van der Waals surface area contributed by atoms with Crippen LogP contribution in [0.2, 0.25) is 0 Å². The Bertz CT molecular complexity index is 361. The van der Waals surface area contributed by atoms with Crippen molar-refractivity contribution in [2.75, 3.05) is 13.2 Å². The van der Waals surface area contributed by atoms with E-state index in [-0.39, 0.29) is 5.54 Å². The molecule has 1 aliphatic heterocycles. The lowest BCUT2D eigenvalue weighted by Gasteiger charge is -2.26. The average Bonchev–Trinajstić information content (AvgIpc) is 2.84.